The minimum absolute atomic E-state index is 0.641. The monoisotopic (exact) mass is 217 g/mol. The average molecular weight is 217 g/mol. The van der Waals surface area contributed by atoms with Gasteiger partial charge in [-0.15, -0.1) is 0 Å². The third-order valence-electron chi connectivity index (χ3n) is 2.97. The number of aromatic amines is 1. The number of hydrogen-bond donors (Lipinski definition) is 3. The lowest BCUT2D eigenvalue weighted by molar-refractivity contribution is -0.139. The molecule has 0 saturated carbocycles. The lowest BCUT2D eigenvalue weighted by Crippen LogP contribution is -2.34. The van der Waals surface area contributed by atoms with Crippen molar-refractivity contribution in [1.82, 2.24) is 15.3 Å². The van der Waals surface area contributed by atoms with Crippen molar-refractivity contribution in [2.75, 3.05) is 6.54 Å². The van der Waals surface area contributed by atoms with Crippen LogP contribution < -0.4 is 5.32 Å². The fourth-order valence-corrected chi connectivity index (χ4v) is 2.27. The summed E-state index contributed by atoms with van der Waals surface area (Å²) in [6.45, 7) is 0.686. The summed E-state index contributed by atoms with van der Waals surface area (Å²) >= 11 is 0. The SMILES string of the molecule is O=C(O)C1NCCc2c1[nH]c1ncccc21. The second kappa shape index (κ2) is 3.31. The number of fused-ring (bicyclic) bond motifs is 3. The summed E-state index contributed by atoms with van der Waals surface area (Å²) in [6, 6.07) is 3.20. The molecule has 0 aromatic carbocycles. The van der Waals surface area contributed by atoms with Gasteiger partial charge in [0, 0.05) is 23.8 Å². The fraction of sp³-hybridized carbons (Fsp3) is 0.273. The first-order valence-corrected chi connectivity index (χ1v) is 5.19. The number of carboxylic acid groups (broad SMARTS) is 1. The maximum absolute atomic E-state index is 11.1. The molecule has 0 amide bonds. The van der Waals surface area contributed by atoms with Gasteiger partial charge in [0.15, 0.2) is 0 Å². The van der Waals surface area contributed by atoms with Gasteiger partial charge in [-0.05, 0) is 24.1 Å². The van der Waals surface area contributed by atoms with Gasteiger partial charge in [-0.3, -0.25) is 10.1 Å². The topological polar surface area (TPSA) is 78.0 Å². The highest BCUT2D eigenvalue weighted by atomic mass is 16.4. The molecule has 0 aliphatic carbocycles. The molecular formula is C11H11N3O2. The number of carboxylic acids is 1. The molecule has 1 aliphatic heterocycles. The molecule has 5 nitrogen and oxygen atoms in total. The van der Waals surface area contributed by atoms with Crippen molar-refractivity contribution in [2.45, 2.75) is 12.5 Å². The summed E-state index contributed by atoms with van der Waals surface area (Å²) in [5, 5.41) is 13.1. The van der Waals surface area contributed by atoms with Crippen LogP contribution in [0.2, 0.25) is 0 Å². The minimum atomic E-state index is -0.854. The highest BCUT2D eigenvalue weighted by Gasteiger charge is 2.28. The van der Waals surface area contributed by atoms with Crippen molar-refractivity contribution in [1.29, 1.82) is 0 Å². The third-order valence-corrected chi connectivity index (χ3v) is 2.97. The largest absolute Gasteiger partial charge is 0.480 e. The van der Waals surface area contributed by atoms with E-state index in [-0.39, 0.29) is 0 Å². The Bertz CT molecular complexity index is 561. The molecule has 1 aliphatic rings. The molecule has 1 unspecified atom stereocenters. The van der Waals surface area contributed by atoms with E-state index in [1.54, 1.807) is 6.20 Å². The lowest BCUT2D eigenvalue weighted by Gasteiger charge is -2.20. The number of hydrogen-bond acceptors (Lipinski definition) is 3. The van der Waals surface area contributed by atoms with E-state index < -0.39 is 12.0 Å². The summed E-state index contributed by atoms with van der Waals surface area (Å²) in [5.41, 5.74) is 2.59. The van der Waals surface area contributed by atoms with Crippen molar-refractivity contribution in [3.05, 3.63) is 29.6 Å². The standard InChI is InChI=1S/C11H11N3O2/c15-11(16)9-8-6(3-5-12-9)7-2-1-4-13-10(7)14-8/h1-2,4,9,12H,3,5H2,(H,13,14)(H,15,16). The number of aliphatic carboxylic acids is 1. The Morgan fingerprint density at radius 1 is 1.56 bits per heavy atom. The van der Waals surface area contributed by atoms with E-state index in [1.807, 2.05) is 12.1 Å². The molecule has 0 bridgehead atoms. The number of H-pyrrole nitrogens is 1. The van der Waals surface area contributed by atoms with Gasteiger partial charge in [-0.1, -0.05) is 0 Å². The molecule has 2 aromatic rings. The van der Waals surface area contributed by atoms with E-state index in [2.05, 4.69) is 15.3 Å². The molecule has 0 saturated heterocycles. The van der Waals surface area contributed by atoms with Crippen LogP contribution in [-0.4, -0.2) is 27.6 Å². The summed E-state index contributed by atoms with van der Waals surface area (Å²) in [5.74, 6) is -0.854. The maximum Gasteiger partial charge on any atom is 0.326 e. The maximum atomic E-state index is 11.1. The Balaban J connectivity index is 2.25. The van der Waals surface area contributed by atoms with Crippen LogP contribution in [0, 0.1) is 0 Å². The number of aromatic nitrogens is 2. The summed E-state index contributed by atoms with van der Waals surface area (Å²) in [4.78, 5) is 18.4. The van der Waals surface area contributed by atoms with Crippen LogP contribution in [0.25, 0.3) is 11.0 Å². The van der Waals surface area contributed by atoms with Crippen LogP contribution >= 0.6 is 0 Å². The number of nitrogens with zero attached hydrogens (tertiary/aromatic N) is 1. The van der Waals surface area contributed by atoms with E-state index in [0.29, 0.717) is 6.54 Å². The van der Waals surface area contributed by atoms with Gasteiger partial charge in [0.05, 0.1) is 0 Å². The Morgan fingerprint density at radius 2 is 2.44 bits per heavy atom. The van der Waals surface area contributed by atoms with Crippen molar-refractivity contribution < 1.29 is 9.90 Å². The van der Waals surface area contributed by atoms with Crippen molar-refractivity contribution in [2.24, 2.45) is 0 Å². The van der Waals surface area contributed by atoms with Crippen molar-refractivity contribution in [3.8, 4) is 0 Å². The van der Waals surface area contributed by atoms with E-state index in [0.717, 1.165) is 28.7 Å². The third kappa shape index (κ3) is 1.22. The highest BCUT2D eigenvalue weighted by Crippen LogP contribution is 2.28. The zero-order valence-electron chi connectivity index (χ0n) is 8.53. The minimum Gasteiger partial charge on any atom is -0.480 e. The summed E-state index contributed by atoms with van der Waals surface area (Å²) in [7, 11) is 0. The number of rotatable bonds is 1. The number of carbonyl (C=O) groups is 1. The van der Waals surface area contributed by atoms with Gasteiger partial charge in [-0.25, -0.2) is 4.98 Å². The van der Waals surface area contributed by atoms with Crippen LogP contribution in [0.1, 0.15) is 17.3 Å². The molecule has 0 spiro atoms. The Labute approximate surface area is 91.5 Å². The molecule has 1 atom stereocenters. The van der Waals surface area contributed by atoms with Crippen LogP contribution in [0.3, 0.4) is 0 Å². The Hall–Kier alpha value is -1.88. The smallest absolute Gasteiger partial charge is 0.326 e. The Kier molecular flexibility index (Phi) is 1.94. The molecule has 3 heterocycles. The first-order chi connectivity index (χ1) is 7.77. The van der Waals surface area contributed by atoms with Crippen molar-refractivity contribution in [3.63, 3.8) is 0 Å². The normalized spacial score (nSPS) is 19.6. The molecular weight excluding hydrogens is 206 g/mol. The molecule has 82 valence electrons. The first kappa shape index (κ1) is 9.35. The van der Waals surface area contributed by atoms with Crippen LogP contribution in [0.15, 0.2) is 18.3 Å². The predicted molar refractivity (Wildman–Crippen MR) is 58.2 cm³/mol. The first-order valence-electron chi connectivity index (χ1n) is 5.19. The predicted octanol–water partition coefficient (Wildman–Crippen LogP) is 0.834. The van der Waals surface area contributed by atoms with Gasteiger partial charge in [0.1, 0.15) is 11.7 Å². The zero-order chi connectivity index (χ0) is 11.1. The van der Waals surface area contributed by atoms with E-state index in [9.17, 15) is 4.79 Å². The molecule has 5 heteroatoms. The molecule has 0 fully saturated rings. The lowest BCUT2D eigenvalue weighted by atomic mass is 10.00. The molecule has 3 rings (SSSR count). The second-order valence-electron chi connectivity index (χ2n) is 3.89. The van der Waals surface area contributed by atoms with Crippen molar-refractivity contribution >= 4 is 17.0 Å². The number of nitrogens with one attached hydrogen (secondary N) is 2. The summed E-state index contributed by atoms with van der Waals surface area (Å²) in [6.07, 6.45) is 2.54. The van der Waals surface area contributed by atoms with Gasteiger partial charge in [-0.2, -0.15) is 0 Å². The van der Waals surface area contributed by atoms with E-state index in [1.165, 1.54) is 0 Å². The molecule has 0 radical (unpaired) electrons. The zero-order valence-corrected chi connectivity index (χ0v) is 8.53. The van der Waals surface area contributed by atoms with Gasteiger partial charge < -0.3 is 10.1 Å². The molecule has 3 N–H and O–H groups in total. The van der Waals surface area contributed by atoms with Crippen LogP contribution in [0.5, 0.6) is 0 Å². The van der Waals surface area contributed by atoms with Crippen LogP contribution in [0.4, 0.5) is 0 Å². The molecule has 16 heavy (non-hydrogen) atoms. The van der Waals surface area contributed by atoms with E-state index >= 15 is 0 Å². The number of pyridine rings is 1. The van der Waals surface area contributed by atoms with E-state index in [4.69, 9.17) is 5.11 Å². The van der Waals surface area contributed by atoms with Crippen LogP contribution in [-0.2, 0) is 11.2 Å². The fourth-order valence-electron chi connectivity index (χ4n) is 2.27. The quantitative estimate of drug-likeness (QED) is 0.661. The average Bonchev–Trinajstić information content (AvgIpc) is 2.67. The molecule has 2 aromatic heterocycles. The second-order valence-corrected chi connectivity index (χ2v) is 3.89. The van der Waals surface area contributed by atoms with Gasteiger partial charge in [0.2, 0.25) is 0 Å². The van der Waals surface area contributed by atoms with Gasteiger partial charge in [0.25, 0.3) is 0 Å². The Morgan fingerprint density at radius 3 is 3.25 bits per heavy atom. The summed E-state index contributed by atoms with van der Waals surface area (Å²) < 4.78 is 0. The van der Waals surface area contributed by atoms with Gasteiger partial charge >= 0.3 is 5.97 Å². The highest BCUT2D eigenvalue weighted by molar-refractivity contribution is 5.85.